The van der Waals surface area contributed by atoms with Crippen LogP contribution >= 0.6 is 27.3 Å². The van der Waals surface area contributed by atoms with E-state index < -0.39 is 10.0 Å². The highest BCUT2D eigenvalue weighted by atomic mass is 79.9. The topological polar surface area (TPSA) is 50.3 Å². The Bertz CT molecular complexity index is 665. The second kappa shape index (κ2) is 5.08. The number of benzene rings is 1. The summed E-state index contributed by atoms with van der Waals surface area (Å²) < 4.78 is 26.2. The summed E-state index contributed by atoms with van der Waals surface area (Å²) in [6.45, 7) is 0. The van der Waals surface area contributed by atoms with Gasteiger partial charge in [-0.15, -0.1) is 11.3 Å². The number of nitrogens with zero attached hydrogens (tertiary/aromatic N) is 2. The van der Waals surface area contributed by atoms with Crippen LogP contribution in [-0.4, -0.2) is 31.8 Å². The van der Waals surface area contributed by atoms with Gasteiger partial charge < -0.3 is 0 Å². The maximum atomic E-state index is 11.9. The fourth-order valence-electron chi connectivity index (χ4n) is 1.31. The third-order valence-electron chi connectivity index (χ3n) is 2.29. The molecule has 0 saturated heterocycles. The van der Waals surface area contributed by atoms with Crippen molar-refractivity contribution in [1.82, 2.24) is 9.29 Å². The highest BCUT2D eigenvalue weighted by molar-refractivity contribution is 9.10. The molecule has 1 aromatic carbocycles. The van der Waals surface area contributed by atoms with Gasteiger partial charge in [-0.25, -0.2) is 17.7 Å². The van der Waals surface area contributed by atoms with E-state index in [2.05, 4.69) is 20.9 Å². The molecule has 0 N–H and O–H groups in total. The molecule has 0 aliphatic carbocycles. The maximum Gasteiger partial charge on any atom is 0.253 e. The predicted octanol–water partition coefficient (Wildman–Crippen LogP) is 2.82. The molecule has 0 atom stereocenters. The minimum atomic E-state index is -3.40. The Morgan fingerprint density at radius 2 is 2.06 bits per heavy atom. The zero-order chi connectivity index (χ0) is 13.3. The van der Waals surface area contributed by atoms with Gasteiger partial charge in [0.1, 0.15) is 5.01 Å². The molecule has 0 radical (unpaired) electrons. The van der Waals surface area contributed by atoms with Gasteiger partial charge in [0.2, 0.25) is 0 Å². The highest BCUT2D eigenvalue weighted by Crippen LogP contribution is 2.30. The number of thiazole rings is 1. The molecule has 0 fully saturated rings. The van der Waals surface area contributed by atoms with Crippen LogP contribution in [0.3, 0.4) is 0 Å². The number of sulfonamides is 1. The molecule has 0 aliphatic rings. The van der Waals surface area contributed by atoms with E-state index in [1.54, 1.807) is 0 Å². The Kier molecular flexibility index (Phi) is 3.86. The fraction of sp³-hybridized carbons (Fsp3) is 0.182. The lowest BCUT2D eigenvalue weighted by molar-refractivity contribution is 0.523. The van der Waals surface area contributed by atoms with E-state index in [0.717, 1.165) is 10.0 Å². The second-order valence-corrected chi connectivity index (χ2v) is 8.11. The van der Waals surface area contributed by atoms with Gasteiger partial charge in [0, 0.05) is 24.1 Å². The van der Waals surface area contributed by atoms with Crippen molar-refractivity contribution in [3.63, 3.8) is 0 Å². The summed E-state index contributed by atoms with van der Waals surface area (Å²) >= 11 is 4.55. The molecule has 7 heteroatoms. The number of hydrogen-bond acceptors (Lipinski definition) is 4. The average molecular weight is 347 g/mol. The summed E-state index contributed by atoms with van der Waals surface area (Å²) in [4.78, 5) is 4.17. The first kappa shape index (κ1) is 13.7. The number of aromatic nitrogens is 1. The molecule has 1 aromatic heterocycles. The van der Waals surface area contributed by atoms with Gasteiger partial charge in [-0.3, -0.25) is 0 Å². The van der Waals surface area contributed by atoms with Crippen LogP contribution < -0.4 is 0 Å². The van der Waals surface area contributed by atoms with Crippen LogP contribution in [0.5, 0.6) is 0 Å². The van der Waals surface area contributed by atoms with Gasteiger partial charge >= 0.3 is 0 Å². The maximum absolute atomic E-state index is 11.9. The molecule has 0 spiro atoms. The number of hydrogen-bond donors (Lipinski definition) is 0. The highest BCUT2D eigenvalue weighted by Gasteiger charge is 2.20. The van der Waals surface area contributed by atoms with Gasteiger partial charge in [0.25, 0.3) is 10.0 Å². The van der Waals surface area contributed by atoms with E-state index in [9.17, 15) is 8.42 Å². The van der Waals surface area contributed by atoms with Crippen molar-refractivity contribution in [1.29, 1.82) is 0 Å². The summed E-state index contributed by atoms with van der Waals surface area (Å²) in [7, 11) is -0.381. The third-order valence-corrected chi connectivity index (χ3v) is 6.08. The SMILES string of the molecule is CN(C)S(=O)(=O)c1cnc(-c2cccc(Br)c2)s1. The molecule has 2 aromatic rings. The number of rotatable bonds is 3. The Labute approximate surface area is 118 Å². The van der Waals surface area contributed by atoms with Crippen LogP contribution in [0.1, 0.15) is 0 Å². The molecule has 0 unspecified atom stereocenters. The van der Waals surface area contributed by atoms with Gasteiger partial charge in [0.15, 0.2) is 4.21 Å². The van der Waals surface area contributed by atoms with E-state index in [-0.39, 0.29) is 4.21 Å². The molecule has 1 heterocycles. The van der Waals surface area contributed by atoms with Crippen LogP contribution in [0.25, 0.3) is 10.6 Å². The Balaban J connectivity index is 2.43. The van der Waals surface area contributed by atoms with E-state index >= 15 is 0 Å². The predicted molar refractivity (Wildman–Crippen MR) is 76.1 cm³/mol. The molecule has 0 saturated carbocycles. The summed E-state index contributed by atoms with van der Waals surface area (Å²) in [5.74, 6) is 0. The normalized spacial score (nSPS) is 12.0. The fourth-order valence-corrected chi connectivity index (χ4v) is 4.01. The lowest BCUT2D eigenvalue weighted by atomic mass is 10.2. The van der Waals surface area contributed by atoms with E-state index in [1.807, 2.05) is 24.3 Å². The van der Waals surface area contributed by atoms with Crippen molar-refractivity contribution in [2.24, 2.45) is 0 Å². The summed E-state index contributed by atoms with van der Waals surface area (Å²) in [5.41, 5.74) is 0.898. The Hall–Kier alpha value is -0.760. The molecule has 18 heavy (non-hydrogen) atoms. The standard InChI is InChI=1S/C11H11BrN2O2S2/c1-14(2)18(15,16)10-7-13-11(17-10)8-4-3-5-9(12)6-8/h3-7H,1-2H3. The Morgan fingerprint density at radius 3 is 2.67 bits per heavy atom. The minimum absolute atomic E-state index is 0.252. The Morgan fingerprint density at radius 1 is 1.33 bits per heavy atom. The molecular weight excluding hydrogens is 336 g/mol. The zero-order valence-corrected chi connectivity index (χ0v) is 13.0. The zero-order valence-electron chi connectivity index (χ0n) is 9.79. The summed E-state index contributed by atoms with van der Waals surface area (Å²) in [5, 5.41) is 0.691. The lowest BCUT2D eigenvalue weighted by Gasteiger charge is -2.07. The summed E-state index contributed by atoms with van der Waals surface area (Å²) in [6.07, 6.45) is 1.40. The smallest absolute Gasteiger partial charge is 0.243 e. The number of halogens is 1. The van der Waals surface area contributed by atoms with Gasteiger partial charge in [-0.1, -0.05) is 28.1 Å². The molecule has 0 aliphatic heterocycles. The van der Waals surface area contributed by atoms with Gasteiger partial charge in [-0.05, 0) is 12.1 Å². The second-order valence-electron chi connectivity index (χ2n) is 3.78. The van der Waals surface area contributed by atoms with Crippen molar-refractivity contribution in [2.45, 2.75) is 4.21 Å². The summed E-state index contributed by atoms with van der Waals surface area (Å²) in [6, 6.07) is 7.61. The molecule has 2 rings (SSSR count). The largest absolute Gasteiger partial charge is 0.253 e. The van der Waals surface area contributed by atoms with Gasteiger partial charge in [-0.2, -0.15) is 0 Å². The van der Waals surface area contributed by atoms with Crippen LogP contribution in [0.15, 0.2) is 39.1 Å². The third kappa shape index (κ3) is 2.64. The lowest BCUT2D eigenvalue weighted by Crippen LogP contribution is -2.21. The van der Waals surface area contributed by atoms with Crippen molar-refractivity contribution in [3.8, 4) is 10.6 Å². The van der Waals surface area contributed by atoms with Crippen molar-refractivity contribution in [2.75, 3.05) is 14.1 Å². The first-order valence-electron chi connectivity index (χ1n) is 5.05. The minimum Gasteiger partial charge on any atom is -0.243 e. The van der Waals surface area contributed by atoms with E-state index in [4.69, 9.17) is 0 Å². The first-order valence-corrected chi connectivity index (χ1v) is 8.10. The molecule has 0 bridgehead atoms. The van der Waals surface area contributed by atoms with Crippen LogP contribution in [0, 0.1) is 0 Å². The van der Waals surface area contributed by atoms with Crippen LogP contribution in [0.4, 0.5) is 0 Å². The van der Waals surface area contributed by atoms with Gasteiger partial charge in [0.05, 0.1) is 6.20 Å². The average Bonchev–Trinajstić information content (AvgIpc) is 2.78. The van der Waals surface area contributed by atoms with Crippen LogP contribution in [-0.2, 0) is 10.0 Å². The van der Waals surface area contributed by atoms with Crippen molar-refractivity contribution >= 4 is 37.3 Å². The van der Waals surface area contributed by atoms with Crippen LogP contribution in [0.2, 0.25) is 0 Å². The van der Waals surface area contributed by atoms with E-state index in [0.29, 0.717) is 5.01 Å². The van der Waals surface area contributed by atoms with Crippen molar-refractivity contribution < 1.29 is 8.42 Å². The molecule has 4 nitrogen and oxygen atoms in total. The quantitative estimate of drug-likeness (QED) is 0.858. The monoisotopic (exact) mass is 346 g/mol. The van der Waals surface area contributed by atoms with Crippen molar-refractivity contribution in [3.05, 3.63) is 34.9 Å². The molecule has 0 amide bonds. The first-order chi connectivity index (χ1) is 8.41. The molecule has 96 valence electrons. The van der Waals surface area contributed by atoms with E-state index in [1.165, 1.54) is 35.9 Å². The molecular formula is C11H11BrN2O2S2.